The Balaban J connectivity index is 0.995. The molecule has 7 N–H and O–H groups in total. The maximum absolute atomic E-state index is 13.8. The third kappa shape index (κ3) is 9.15. The number of hydrogen-bond donors (Lipinski definition) is 5. The van der Waals surface area contributed by atoms with E-state index in [1.54, 1.807) is 22.2 Å². The molecule has 2 aliphatic rings. The number of aromatic nitrogens is 4. The number of nitrogens with zero attached hydrogens (tertiary/aromatic N) is 4. The molecule has 5 aromatic rings. The van der Waals surface area contributed by atoms with Crippen molar-refractivity contribution in [2.24, 2.45) is 17.4 Å². The van der Waals surface area contributed by atoms with Crippen LogP contribution in [0.2, 0.25) is 0 Å². The van der Waals surface area contributed by atoms with Gasteiger partial charge in [-0.3, -0.25) is 9.59 Å². The smallest absolute Gasteiger partial charge is 0.407 e. The summed E-state index contributed by atoms with van der Waals surface area (Å²) in [7, 11) is 1.29. The lowest BCUT2D eigenvalue weighted by Gasteiger charge is -2.30. The predicted molar refractivity (Wildman–Crippen MR) is 221 cm³/mol. The Labute approximate surface area is 342 Å². The highest BCUT2D eigenvalue weighted by molar-refractivity contribution is 5.86. The number of benzene rings is 3. The molecule has 0 saturated carbocycles. The Hall–Kier alpha value is -6.48. The van der Waals surface area contributed by atoms with E-state index in [0.29, 0.717) is 31.3 Å². The highest BCUT2D eigenvalue weighted by atomic mass is 16.6. The van der Waals surface area contributed by atoms with E-state index < -0.39 is 24.3 Å². The van der Waals surface area contributed by atoms with Crippen molar-refractivity contribution < 1.29 is 28.7 Å². The zero-order valence-electron chi connectivity index (χ0n) is 33.5. The van der Waals surface area contributed by atoms with Crippen LogP contribution in [-0.2, 0) is 32.0 Å². The Morgan fingerprint density at radius 1 is 0.746 bits per heavy atom. The summed E-state index contributed by atoms with van der Waals surface area (Å²) in [5.74, 6) is 0.811. The number of hydrogen-bond acceptors (Lipinski definition) is 9. The lowest BCUT2D eigenvalue weighted by molar-refractivity contribution is -0.141. The van der Waals surface area contributed by atoms with E-state index in [9.17, 15) is 19.2 Å². The van der Waals surface area contributed by atoms with E-state index in [-0.39, 0.29) is 36.2 Å². The Kier molecular flexibility index (Phi) is 12.4. The van der Waals surface area contributed by atoms with Crippen LogP contribution in [0.4, 0.5) is 9.59 Å². The van der Waals surface area contributed by atoms with Crippen molar-refractivity contribution in [2.45, 2.75) is 76.7 Å². The van der Waals surface area contributed by atoms with Gasteiger partial charge in [0.05, 0.1) is 43.0 Å². The van der Waals surface area contributed by atoms with Crippen LogP contribution in [0.25, 0.3) is 33.6 Å². The minimum Gasteiger partial charge on any atom is -0.453 e. The van der Waals surface area contributed by atoms with E-state index >= 15 is 0 Å². The van der Waals surface area contributed by atoms with Crippen LogP contribution < -0.4 is 16.8 Å². The van der Waals surface area contributed by atoms with Crippen LogP contribution in [0.15, 0.2) is 85.2 Å². The van der Waals surface area contributed by atoms with E-state index in [1.807, 2.05) is 62.4 Å². The molecule has 2 aromatic heterocycles. The van der Waals surface area contributed by atoms with Gasteiger partial charge in [-0.25, -0.2) is 19.6 Å². The van der Waals surface area contributed by atoms with Gasteiger partial charge in [0, 0.05) is 26.1 Å². The number of imidazole rings is 2. The van der Waals surface area contributed by atoms with Crippen molar-refractivity contribution in [3.63, 3.8) is 0 Å². The number of alkyl carbamates (subject to hydrolysis) is 1. The van der Waals surface area contributed by atoms with Gasteiger partial charge in [-0.15, -0.1) is 0 Å². The van der Waals surface area contributed by atoms with Crippen molar-refractivity contribution in [3.8, 4) is 33.6 Å². The molecule has 2 unspecified atom stereocenters. The molecule has 15 heteroatoms. The van der Waals surface area contributed by atoms with E-state index in [4.69, 9.17) is 20.9 Å². The molecule has 59 heavy (non-hydrogen) atoms. The van der Waals surface area contributed by atoms with Crippen LogP contribution in [-0.4, -0.2) is 86.1 Å². The number of H-pyrrole nitrogens is 2. The number of aromatic amines is 2. The fourth-order valence-corrected chi connectivity index (χ4v) is 8.03. The summed E-state index contributed by atoms with van der Waals surface area (Å²) in [5, 5.41) is 2.69. The van der Waals surface area contributed by atoms with Crippen molar-refractivity contribution in [1.82, 2.24) is 35.1 Å². The van der Waals surface area contributed by atoms with Gasteiger partial charge in [0.15, 0.2) is 6.10 Å². The molecular formula is C44H51N9O6. The molecule has 15 nitrogen and oxygen atoms in total. The van der Waals surface area contributed by atoms with Crippen LogP contribution in [0.3, 0.4) is 0 Å². The van der Waals surface area contributed by atoms with Crippen LogP contribution in [0.5, 0.6) is 0 Å². The van der Waals surface area contributed by atoms with Gasteiger partial charge in [-0.05, 0) is 65.0 Å². The molecule has 0 bridgehead atoms. The number of carbonyl (C=O) groups excluding carboxylic acids is 4. The normalized spacial score (nSPS) is 17.5. The molecule has 3 aromatic carbocycles. The van der Waals surface area contributed by atoms with Gasteiger partial charge in [-0.1, -0.05) is 86.6 Å². The fraction of sp³-hybridized carbons (Fsp3) is 0.364. The number of methoxy groups -OCH3 is 1. The second-order valence-corrected chi connectivity index (χ2v) is 15.4. The molecule has 4 atom stereocenters. The largest absolute Gasteiger partial charge is 0.453 e. The highest BCUT2D eigenvalue weighted by Gasteiger charge is 2.39. The molecule has 0 aliphatic carbocycles. The van der Waals surface area contributed by atoms with Crippen LogP contribution in [0.1, 0.15) is 74.4 Å². The molecule has 0 spiro atoms. The predicted octanol–water partition coefficient (Wildman–Crippen LogP) is 6.01. The summed E-state index contributed by atoms with van der Waals surface area (Å²) in [6.45, 7) is 5.29. The third-order valence-corrected chi connectivity index (χ3v) is 11.2. The molecular weight excluding hydrogens is 751 g/mol. The van der Waals surface area contributed by atoms with Gasteiger partial charge in [0.25, 0.3) is 5.91 Å². The molecule has 4 amide bonds. The number of nitrogens with one attached hydrogen (secondary N) is 3. The van der Waals surface area contributed by atoms with Crippen LogP contribution >= 0.6 is 0 Å². The minimum atomic E-state index is -1.06. The van der Waals surface area contributed by atoms with Crippen molar-refractivity contribution in [1.29, 1.82) is 0 Å². The Bertz CT molecular complexity index is 2250. The first kappa shape index (κ1) is 40.7. The van der Waals surface area contributed by atoms with Gasteiger partial charge in [0.1, 0.15) is 17.7 Å². The van der Waals surface area contributed by atoms with Crippen molar-refractivity contribution in [2.75, 3.05) is 20.2 Å². The maximum atomic E-state index is 13.8. The summed E-state index contributed by atoms with van der Waals surface area (Å²) < 4.78 is 10.1. The summed E-state index contributed by atoms with van der Waals surface area (Å²) in [5.41, 5.74) is 18.6. The molecule has 0 radical (unpaired) electrons. The molecule has 2 aliphatic heterocycles. The standard InChI is InChI=1S/C44H51N9O6/c1-26(2)38(51-44(57)58-3)42(55)53-21-5-7-36(53)40-48-25-34(50-40)32-18-14-30(15-19-32)29-12-16-31(17-13-29)33-24-47-39(49-33)35-6-4-20-52(35)41(54)37(59-43(46)56)22-27-8-10-28(23-45)11-9-27/h8-19,24-26,35-38H,4-7,20-23,45H2,1-3H3,(H2,46,56)(H,47,49)(H,48,50)(H,51,57)/t35-,36?,37-,38?/m0/s1. The number of amides is 4. The Morgan fingerprint density at radius 3 is 1.68 bits per heavy atom. The fourth-order valence-electron chi connectivity index (χ4n) is 8.03. The summed E-state index contributed by atoms with van der Waals surface area (Å²) in [4.78, 5) is 70.9. The quantitative estimate of drug-likeness (QED) is 0.0942. The summed E-state index contributed by atoms with van der Waals surface area (Å²) in [6, 6.07) is 22.7. The van der Waals surface area contributed by atoms with E-state index in [0.717, 1.165) is 70.5 Å². The first-order chi connectivity index (χ1) is 28.5. The second-order valence-electron chi connectivity index (χ2n) is 15.4. The van der Waals surface area contributed by atoms with Crippen molar-refractivity contribution in [3.05, 3.63) is 108 Å². The van der Waals surface area contributed by atoms with Crippen molar-refractivity contribution >= 4 is 24.0 Å². The molecule has 2 fully saturated rings. The van der Waals surface area contributed by atoms with Gasteiger partial charge in [0.2, 0.25) is 5.91 Å². The first-order valence-corrected chi connectivity index (χ1v) is 20.0. The number of ether oxygens (including phenoxy) is 2. The molecule has 308 valence electrons. The van der Waals surface area contributed by atoms with E-state index in [1.165, 1.54) is 7.11 Å². The topological polar surface area (TPSA) is 215 Å². The molecule has 7 rings (SSSR count). The van der Waals surface area contributed by atoms with Gasteiger partial charge >= 0.3 is 12.2 Å². The van der Waals surface area contributed by atoms with Crippen LogP contribution in [0, 0.1) is 5.92 Å². The SMILES string of the molecule is COC(=O)NC(C(=O)N1CCCC1c1ncc(-c2ccc(-c3ccc(-c4cnc([C@@H]5CCCN5C(=O)[C@H](Cc5ccc(CN)cc5)OC(N)=O)[nH]4)cc3)cc2)[nH]1)C(C)C. The zero-order valence-corrected chi connectivity index (χ0v) is 33.5. The number of likely N-dealkylation sites (tertiary alicyclic amines) is 2. The molecule has 4 heterocycles. The second kappa shape index (κ2) is 18.0. The number of rotatable bonds is 13. The average Bonchev–Trinajstić information content (AvgIpc) is 4.09. The lowest BCUT2D eigenvalue weighted by atomic mass is 10.0. The highest BCUT2D eigenvalue weighted by Crippen LogP contribution is 2.35. The maximum Gasteiger partial charge on any atom is 0.407 e. The Morgan fingerprint density at radius 2 is 1.22 bits per heavy atom. The van der Waals surface area contributed by atoms with Gasteiger partial charge in [-0.2, -0.15) is 0 Å². The lowest BCUT2D eigenvalue weighted by Crippen LogP contribution is -2.51. The number of carbonyl (C=O) groups is 4. The third-order valence-electron chi connectivity index (χ3n) is 11.2. The molecule has 2 saturated heterocycles. The first-order valence-electron chi connectivity index (χ1n) is 20.0. The van der Waals surface area contributed by atoms with Gasteiger partial charge < -0.3 is 46.0 Å². The number of nitrogens with two attached hydrogens (primary N) is 2. The zero-order chi connectivity index (χ0) is 41.6. The monoisotopic (exact) mass is 801 g/mol. The summed E-state index contributed by atoms with van der Waals surface area (Å²) >= 11 is 0. The van der Waals surface area contributed by atoms with E-state index in [2.05, 4.69) is 49.5 Å². The number of primary amides is 1. The summed E-state index contributed by atoms with van der Waals surface area (Å²) in [6.07, 6.45) is 4.19. The minimum absolute atomic E-state index is 0.112. The average molecular weight is 802 g/mol.